The van der Waals surface area contributed by atoms with Gasteiger partial charge in [0.1, 0.15) is 11.6 Å². The molecule has 1 fully saturated rings. The fraction of sp³-hybridized carbons (Fsp3) is 0.385. The molecule has 0 spiro atoms. The maximum absolute atomic E-state index is 15.3. The standard InChI is InChI=1S/C26H30FN7O3/c1-15-7-16(25(35)28-4)8-19(22(15)27)20-10-30-34-12-21(17-9-29-33(11-17)14-26(2,3)36)23(32-24(20)34)31-18-5-6-37-13-18/h7-12,18,36H,5-6,13-14H2,1-4H3,(H,28,35)(H,31,32)/t18-/m0/s1. The van der Waals surface area contributed by atoms with Crippen LogP contribution in [-0.2, 0) is 11.3 Å². The van der Waals surface area contributed by atoms with E-state index in [2.05, 4.69) is 20.8 Å². The summed E-state index contributed by atoms with van der Waals surface area (Å²) in [4.78, 5) is 17.2. The van der Waals surface area contributed by atoms with Crippen molar-refractivity contribution >= 4 is 17.4 Å². The maximum Gasteiger partial charge on any atom is 0.251 e. The van der Waals surface area contributed by atoms with Crippen molar-refractivity contribution < 1.29 is 19.0 Å². The van der Waals surface area contributed by atoms with Gasteiger partial charge in [-0.15, -0.1) is 0 Å². The SMILES string of the molecule is CNC(=O)c1cc(C)c(F)c(-c2cnn3cc(-c4cnn(CC(C)(C)O)c4)c(N[C@H]4CCOC4)nc23)c1. The zero-order chi connectivity index (χ0) is 26.3. The number of aromatic nitrogens is 5. The van der Waals surface area contributed by atoms with Crippen molar-refractivity contribution in [2.45, 2.75) is 45.4 Å². The van der Waals surface area contributed by atoms with E-state index in [1.54, 1.807) is 42.4 Å². The first-order valence-electron chi connectivity index (χ1n) is 12.1. The minimum atomic E-state index is -0.921. The molecule has 0 bridgehead atoms. The number of nitrogens with one attached hydrogen (secondary N) is 2. The first-order valence-corrected chi connectivity index (χ1v) is 12.1. The molecule has 1 atom stereocenters. The van der Waals surface area contributed by atoms with Gasteiger partial charge in [-0.1, -0.05) is 0 Å². The summed E-state index contributed by atoms with van der Waals surface area (Å²) >= 11 is 0. The second-order valence-electron chi connectivity index (χ2n) is 10.0. The van der Waals surface area contributed by atoms with Gasteiger partial charge >= 0.3 is 0 Å². The molecule has 1 aliphatic rings. The third-order valence-corrected chi connectivity index (χ3v) is 6.29. The lowest BCUT2D eigenvalue weighted by atomic mass is 10.0. The Morgan fingerprint density at radius 2 is 2.03 bits per heavy atom. The average molecular weight is 508 g/mol. The number of benzene rings is 1. The Balaban J connectivity index is 1.64. The lowest BCUT2D eigenvalue weighted by Crippen LogP contribution is -2.26. The fourth-order valence-corrected chi connectivity index (χ4v) is 4.49. The molecule has 10 nitrogen and oxygen atoms in total. The van der Waals surface area contributed by atoms with Crippen LogP contribution in [0.3, 0.4) is 0 Å². The highest BCUT2D eigenvalue weighted by Crippen LogP contribution is 2.34. The molecule has 1 aromatic carbocycles. The number of rotatable bonds is 7. The minimum absolute atomic E-state index is 0.0713. The number of amides is 1. The van der Waals surface area contributed by atoms with Gasteiger partial charge in [0.05, 0.1) is 37.2 Å². The molecule has 3 aromatic heterocycles. The number of hydrogen-bond donors (Lipinski definition) is 3. The second kappa shape index (κ2) is 9.56. The van der Waals surface area contributed by atoms with Crippen LogP contribution in [0.2, 0.25) is 0 Å². The Bertz CT molecular complexity index is 1470. The molecule has 3 N–H and O–H groups in total. The number of aryl methyl sites for hydroxylation is 1. The Morgan fingerprint density at radius 1 is 1.22 bits per heavy atom. The van der Waals surface area contributed by atoms with E-state index in [0.717, 1.165) is 17.5 Å². The molecule has 4 aromatic rings. The number of nitrogens with zero attached hydrogens (tertiary/aromatic N) is 5. The first kappa shape index (κ1) is 24.8. The van der Waals surface area contributed by atoms with Crippen molar-refractivity contribution in [3.63, 3.8) is 0 Å². The third-order valence-electron chi connectivity index (χ3n) is 6.29. The summed E-state index contributed by atoms with van der Waals surface area (Å²) in [7, 11) is 1.54. The highest BCUT2D eigenvalue weighted by molar-refractivity contribution is 5.96. The summed E-state index contributed by atoms with van der Waals surface area (Å²) in [6, 6.07) is 3.11. The molecule has 11 heteroatoms. The van der Waals surface area contributed by atoms with Gasteiger partial charge in [0.15, 0.2) is 5.65 Å². The van der Waals surface area contributed by atoms with Crippen molar-refractivity contribution in [3.8, 4) is 22.3 Å². The Kier molecular flexibility index (Phi) is 6.42. The zero-order valence-electron chi connectivity index (χ0n) is 21.2. The summed E-state index contributed by atoms with van der Waals surface area (Å²) in [5.74, 6) is -0.144. The number of hydrogen-bond acceptors (Lipinski definition) is 7. The van der Waals surface area contributed by atoms with Crippen molar-refractivity contribution in [1.82, 2.24) is 29.7 Å². The predicted octanol–water partition coefficient (Wildman–Crippen LogP) is 3.04. The second-order valence-corrected chi connectivity index (χ2v) is 10.0. The molecule has 1 aliphatic heterocycles. The monoisotopic (exact) mass is 507 g/mol. The van der Waals surface area contributed by atoms with Gasteiger partial charge in [0.2, 0.25) is 0 Å². The van der Waals surface area contributed by atoms with Gasteiger partial charge in [-0.3, -0.25) is 9.48 Å². The smallest absolute Gasteiger partial charge is 0.251 e. The molecule has 0 aliphatic carbocycles. The van der Waals surface area contributed by atoms with Crippen LogP contribution >= 0.6 is 0 Å². The maximum atomic E-state index is 15.3. The van der Waals surface area contributed by atoms with E-state index in [0.29, 0.717) is 47.9 Å². The van der Waals surface area contributed by atoms with Crippen molar-refractivity contribution in [2.24, 2.45) is 0 Å². The molecule has 4 heterocycles. The van der Waals surface area contributed by atoms with E-state index in [-0.39, 0.29) is 17.5 Å². The van der Waals surface area contributed by atoms with Crippen LogP contribution in [0.25, 0.3) is 27.9 Å². The van der Waals surface area contributed by atoms with Crippen molar-refractivity contribution in [2.75, 3.05) is 25.6 Å². The predicted molar refractivity (Wildman–Crippen MR) is 137 cm³/mol. The van der Waals surface area contributed by atoms with Crippen molar-refractivity contribution in [1.29, 1.82) is 0 Å². The number of halogens is 1. The lowest BCUT2D eigenvalue weighted by molar-refractivity contribution is 0.0577. The number of ether oxygens (including phenoxy) is 1. The van der Waals surface area contributed by atoms with Gasteiger partial charge in [0.25, 0.3) is 5.91 Å². The van der Waals surface area contributed by atoms with Crippen molar-refractivity contribution in [3.05, 3.63) is 53.9 Å². The molecular formula is C26H30FN7O3. The molecule has 1 amide bonds. The molecule has 1 saturated heterocycles. The van der Waals surface area contributed by atoms with Gasteiger partial charge in [0, 0.05) is 53.9 Å². The van der Waals surface area contributed by atoms with Gasteiger partial charge in [-0.05, 0) is 44.9 Å². The van der Waals surface area contributed by atoms with E-state index < -0.39 is 11.4 Å². The van der Waals surface area contributed by atoms with Crippen LogP contribution in [0.15, 0.2) is 36.9 Å². The highest BCUT2D eigenvalue weighted by Gasteiger charge is 2.23. The van der Waals surface area contributed by atoms with Crippen LogP contribution in [-0.4, -0.2) is 67.3 Å². The van der Waals surface area contributed by atoms with E-state index in [1.165, 1.54) is 19.2 Å². The topological polar surface area (TPSA) is 119 Å². The average Bonchev–Trinajstić information content (AvgIpc) is 3.60. The normalized spacial score (nSPS) is 15.9. The van der Waals surface area contributed by atoms with Crippen LogP contribution in [0.5, 0.6) is 0 Å². The lowest BCUT2D eigenvalue weighted by Gasteiger charge is -2.17. The molecule has 0 radical (unpaired) electrons. The fourth-order valence-electron chi connectivity index (χ4n) is 4.49. The van der Waals surface area contributed by atoms with Crippen LogP contribution in [0, 0.1) is 12.7 Å². The summed E-state index contributed by atoms with van der Waals surface area (Å²) < 4.78 is 24.1. The molecule has 194 valence electrons. The number of anilines is 1. The number of carbonyl (C=O) groups excluding carboxylic acids is 1. The van der Waals surface area contributed by atoms with Gasteiger partial charge in [-0.25, -0.2) is 13.9 Å². The van der Waals surface area contributed by atoms with E-state index in [4.69, 9.17) is 9.72 Å². The number of fused-ring (bicyclic) bond motifs is 1. The zero-order valence-corrected chi connectivity index (χ0v) is 21.2. The largest absolute Gasteiger partial charge is 0.389 e. The van der Waals surface area contributed by atoms with E-state index >= 15 is 4.39 Å². The van der Waals surface area contributed by atoms with E-state index in [1.807, 2.05) is 12.4 Å². The van der Waals surface area contributed by atoms with Crippen LogP contribution < -0.4 is 10.6 Å². The van der Waals surface area contributed by atoms with Crippen LogP contribution in [0.4, 0.5) is 10.2 Å². The summed E-state index contributed by atoms with van der Waals surface area (Å²) in [6.45, 7) is 6.61. The minimum Gasteiger partial charge on any atom is -0.389 e. The Labute approximate surface area is 213 Å². The van der Waals surface area contributed by atoms with Gasteiger partial charge < -0.3 is 20.5 Å². The summed E-state index contributed by atoms with van der Waals surface area (Å²) in [5, 5.41) is 25.1. The molecule has 0 saturated carbocycles. The first-order chi connectivity index (χ1) is 17.6. The molecule has 37 heavy (non-hydrogen) atoms. The summed E-state index contributed by atoms with van der Waals surface area (Å²) in [5.41, 5.74) is 2.51. The number of aliphatic hydroxyl groups is 1. The molecular weight excluding hydrogens is 477 g/mol. The summed E-state index contributed by atoms with van der Waals surface area (Å²) in [6.07, 6.45) is 7.77. The van der Waals surface area contributed by atoms with E-state index in [9.17, 15) is 9.90 Å². The van der Waals surface area contributed by atoms with Crippen LogP contribution in [0.1, 0.15) is 36.2 Å². The van der Waals surface area contributed by atoms with Gasteiger partial charge in [-0.2, -0.15) is 10.2 Å². The highest BCUT2D eigenvalue weighted by atomic mass is 19.1. The third kappa shape index (κ3) is 5.05. The molecule has 5 rings (SSSR count). The Morgan fingerprint density at radius 3 is 2.73 bits per heavy atom. The quantitative estimate of drug-likeness (QED) is 0.352. The Hall–Kier alpha value is -3.83. The molecule has 0 unspecified atom stereocenters. The number of carbonyl (C=O) groups is 1.